The molecule has 0 radical (unpaired) electrons. The fourth-order valence-corrected chi connectivity index (χ4v) is 2.49. The van der Waals surface area contributed by atoms with Crippen molar-refractivity contribution < 1.29 is 14.6 Å². The van der Waals surface area contributed by atoms with E-state index in [0.717, 1.165) is 4.57 Å². The number of benzene rings is 1. The Morgan fingerprint density at radius 2 is 1.67 bits per heavy atom. The van der Waals surface area contributed by atoms with Crippen molar-refractivity contribution in [1.29, 1.82) is 0 Å². The number of hydrogen-bond donors (Lipinski definition) is 2. The molecule has 0 saturated carbocycles. The minimum atomic E-state index is -0.468. The van der Waals surface area contributed by atoms with Crippen LogP contribution in [0.1, 0.15) is 0 Å². The highest BCUT2D eigenvalue weighted by Gasteiger charge is 2.17. The summed E-state index contributed by atoms with van der Waals surface area (Å²) in [5.41, 5.74) is 0.0490. The highest BCUT2D eigenvalue weighted by molar-refractivity contribution is 5.77. The third-order valence-electron chi connectivity index (χ3n) is 3.85. The van der Waals surface area contributed by atoms with Gasteiger partial charge in [-0.05, 0) is 12.1 Å². The topological polar surface area (TPSA) is 111 Å². The summed E-state index contributed by atoms with van der Waals surface area (Å²) >= 11 is 0. The molecule has 24 heavy (non-hydrogen) atoms. The number of aromatic nitrogens is 4. The Bertz CT molecular complexity index is 1040. The first kappa shape index (κ1) is 15.7. The molecule has 3 aromatic rings. The van der Waals surface area contributed by atoms with Gasteiger partial charge in [-0.25, -0.2) is 9.78 Å². The van der Waals surface area contributed by atoms with E-state index < -0.39 is 11.2 Å². The van der Waals surface area contributed by atoms with Gasteiger partial charge < -0.3 is 19.6 Å². The molecule has 2 heterocycles. The molecule has 126 valence electrons. The van der Waals surface area contributed by atoms with Crippen molar-refractivity contribution in [2.24, 2.45) is 14.1 Å². The lowest BCUT2D eigenvalue weighted by molar-refractivity contribution is 0.340. The number of aromatic hydroxyl groups is 1. The quantitative estimate of drug-likeness (QED) is 0.716. The van der Waals surface area contributed by atoms with Crippen LogP contribution in [0, 0.1) is 0 Å². The highest BCUT2D eigenvalue weighted by atomic mass is 16.5. The van der Waals surface area contributed by atoms with Crippen molar-refractivity contribution in [3.8, 4) is 28.6 Å². The molecule has 9 nitrogen and oxygen atoms in total. The molecule has 0 unspecified atom stereocenters. The maximum atomic E-state index is 12.2. The summed E-state index contributed by atoms with van der Waals surface area (Å²) in [4.78, 5) is 31.5. The van der Waals surface area contributed by atoms with Gasteiger partial charge in [-0.3, -0.25) is 13.9 Å². The first-order valence-corrected chi connectivity index (χ1v) is 7.00. The van der Waals surface area contributed by atoms with Crippen molar-refractivity contribution in [3.63, 3.8) is 0 Å². The molecule has 0 fully saturated rings. The van der Waals surface area contributed by atoms with Crippen LogP contribution in [0.25, 0.3) is 22.6 Å². The largest absolute Gasteiger partial charge is 0.502 e. The SMILES string of the molecule is COc1cc(-c2nc3c([nH]2)c(=O)n(C)c(=O)n3C)cc(OC)c1O. The van der Waals surface area contributed by atoms with Crippen LogP contribution in [0.15, 0.2) is 21.7 Å². The molecule has 0 aliphatic carbocycles. The lowest BCUT2D eigenvalue weighted by Gasteiger charge is -2.09. The molecule has 0 aliphatic rings. The van der Waals surface area contributed by atoms with E-state index in [9.17, 15) is 14.7 Å². The fraction of sp³-hybridized carbons (Fsp3) is 0.267. The van der Waals surface area contributed by atoms with E-state index in [2.05, 4.69) is 9.97 Å². The van der Waals surface area contributed by atoms with Gasteiger partial charge in [0.1, 0.15) is 11.3 Å². The van der Waals surface area contributed by atoms with Crippen LogP contribution in [-0.2, 0) is 14.1 Å². The number of methoxy groups -OCH3 is 2. The molecule has 0 spiro atoms. The van der Waals surface area contributed by atoms with Crippen LogP contribution in [0.3, 0.4) is 0 Å². The van der Waals surface area contributed by atoms with E-state index >= 15 is 0 Å². The van der Waals surface area contributed by atoms with Crippen molar-refractivity contribution in [2.75, 3.05) is 14.2 Å². The monoisotopic (exact) mass is 332 g/mol. The summed E-state index contributed by atoms with van der Waals surface area (Å²) in [7, 11) is 5.76. The van der Waals surface area contributed by atoms with Crippen molar-refractivity contribution in [3.05, 3.63) is 33.0 Å². The molecule has 2 aromatic heterocycles. The van der Waals surface area contributed by atoms with E-state index in [1.54, 1.807) is 12.1 Å². The number of phenolic OH excluding ortho intramolecular Hbond substituents is 1. The smallest absolute Gasteiger partial charge is 0.332 e. The Kier molecular flexibility index (Phi) is 3.55. The summed E-state index contributed by atoms with van der Waals surface area (Å²) in [6, 6.07) is 3.11. The van der Waals surface area contributed by atoms with Gasteiger partial charge in [0.2, 0.25) is 5.75 Å². The number of aryl methyl sites for hydroxylation is 1. The number of nitrogens with one attached hydrogen (secondary N) is 1. The second-order valence-electron chi connectivity index (χ2n) is 5.22. The van der Waals surface area contributed by atoms with Gasteiger partial charge in [-0.1, -0.05) is 0 Å². The van der Waals surface area contributed by atoms with Crippen molar-refractivity contribution in [1.82, 2.24) is 19.1 Å². The van der Waals surface area contributed by atoms with Crippen LogP contribution < -0.4 is 20.7 Å². The Hall–Kier alpha value is -3.23. The van der Waals surface area contributed by atoms with Crippen LogP contribution in [0.4, 0.5) is 0 Å². The zero-order valence-corrected chi connectivity index (χ0v) is 13.6. The number of ether oxygens (including phenoxy) is 2. The van der Waals surface area contributed by atoms with E-state index in [0.29, 0.717) is 11.4 Å². The number of aromatic amines is 1. The molecule has 1 aromatic carbocycles. The minimum Gasteiger partial charge on any atom is -0.502 e. The fourth-order valence-electron chi connectivity index (χ4n) is 2.49. The number of imidazole rings is 1. The highest BCUT2D eigenvalue weighted by Crippen LogP contribution is 2.39. The average Bonchev–Trinajstić information content (AvgIpc) is 3.04. The van der Waals surface area contributed by atoms with Crippen LogP contribution >= 0.6 is 0 Å². The first-order chi connectivity index (χ1) is 11.4. The number of rotatable bonds is 3. The maximum absolute atomic E-state index is 12.2. The molecular weight excluding hydrogens is 316 g/mol. The first-order valence-electron chi connectivity index (χ1n) is 7.00. The van der Waals surface area contributed by atoms with Gasteiger partial charge in [-0.2, -0.15) is 0 Å². The van der Waals surface area contributed by atoms with Crippen LogP contribution in [0.2, 0.25) is 0 Å². The minimum absolute atomic E-state index is 0.136. The molecule has 2 N–H and O–H groups in total. The van der Waals surface area contributed by atoms with E-state index in [1.165, 1.54) is 32.9 Å². The summed E-state index contributed by atoms with van der Waals surface area (Å²) < 4.78 is 12.5. The van der Waals surface area contributed by atoms with Crippen molar-refractivity contribution in [2.45, 2.75) is 0 Å². The second kappa shape index (κ2) is 5.44. The van der Waals surface area contributed by atoms with Crippen LogP contribution in [-0.4, -0.2) is 38.4 Å². The van der Waals surface area contributed by atoms with Crippen molar-refractivity contribution >= 4 is 11.2 Å². The molecular formula is C15H16N4O5. The number of hydrogen-bond acceptors (Lipinski definition) is 6. The zero-order valence-electron chi connectivity index (χ0n) is 13.6. The van der Waals surface area contributed by atoms with Gasteiger partial charge in [-0.15, -0.1) is 0 Å². The lowest BCUT2D eigenvalue weighted by Crippen LogP contribution is -2.36. The Morgan fingerprint density at radius 1 is 1.08 bits per heavy atom. The van der Waals surface area contributed by atoms with Gasteiger partial charge in [0.05, 0.1) is 14.2 Å². The summed E-state index contributed by atoms with van der Waals surface area (Å²) in [6.07, 6.45) is 0. The normalized spacial score (nSPS) is 11.0. The number of H-pyrrole nitrogens is 1. The van der Waals surface area contributed by atoms with Gasteiger partial charge in [0.15, 0.2) is 17.1 Å². The lowest BCUT2D eigenvalue weighted by atomic mass is 10.1. The zero-order chi connectivity index (χ0) is 17.6. The Morgan fingerprint density at radius 3 is 2.21 bits per heavy atom. The van der Waals surface area contributed by atoms with Gasteiger partial charge >= 0.3 is 5.69 Å². The van der Waals surface area contributed by atoms with E-state index in [1.807, 2.05) is 0 Å². The molecule has 0 saturated heterocycles. The summed E-state index contributed by atoms with van der Waals surface area (Å²) in [5, 5.41) is 9.98. The number of nitrogens with zero attached hydrogens (tertiary/aromatic N) is 3. The van der Waals surface area contributed by atoms with Gasteiger partial charge in [0.25, 0.3) is 5.56 Å². The third kappa shape index (κ3) is 2.13. The predicted octanol–water partition coefficient (Wildman–Crippen LogP) is 0.350. The van der Waals surface area contributed by atoms with Crippen LogP contribution in [0.5, 0.6) is 17.2 Å². The summed E-state index contributed by atoms with van der Waals surface area (Å²) in [5.74, 6) is 0.612. The molecule has 0 atom stereocenters. The average molecular weight is 332 g/mol. The second-order valence-corrected chi connectivity index (χ2v) is 5.22. The molecule has 3 rings (SSSR count). The number of phenols is 1. The molecule has 0 aliphatic heterocycles. The van der Waals surface area contributed by atoms with Gasteiger partial charge in [0, 0.05) is 19.7 Å². The molecule has 0 amide bonds. The van der Waals surface area contributed by atoms with E-state index in [4.69, 9.17) is 9.47 Å². The standard InChI is InChI=1S/C15H16N4O5/c1-18-13-10(14(21)19(2)15(18)22)16-12(17-13)7-5-8(23-3)11(20)9(6-7)24-4/h5-6,20H,1-4H3,(H,16,17). The Balaban J connectivity index is 2.32. The molecule has 0 bridgehead atoms. The molecule has 9 heteroatoms. The predicted molar refractivity (Wildman–Crippen MR) is 86.8 cm³/mol. The Labute approximate surface area is 135 Å². The van der Waals surface area contributed by atoms with E-state index in [-0.39, 0.29) is 28.4 Å². The summed E-state index contributed by atoms with van der Waals surface area (Å²) in [6.45, 7) is 0. The number of fused-ring (bicyclic) bond motifs is 1. The maximum Gasteiger partial charge on any atom is 0.332 e. The third-order valence-corrected chi connectivity index (χ3v) is 3.85.